The number of aryl methyl sites for hydroxylation is 2. The average molecular weight is 826 g/mol. The lowest BCUT2D eigenvalue weighted by atomic mass is 9.95. The Labute approximate surface area is 370 Å². The van der Waals surface area contributed by atoms with Gasteiger partial charge in [-0.2, -0.15) is 0 Å². The number of nitrogens with zero attached hydrogens (tertiary/aromatic N) is 3. The van der Waals surface area contributed by atoms with Crippen LogP contribution >= 0.6 is 0 Å². The number of fused-ring (bicyclic) bond motifs is 2. The van der Waals surface area contributed by atoms with Crippen LogP contribution in [0, 0.1) is 0 Å². The van der Waals surface area contributed by atoms with E-state index in [0.717, 1.165) is 97.4 Å². The highest BCUT2D eigenvalue weighted by Crippen LogP contribution is 2.42. The fourth-order valence-electron chi connectivity index (χ4n) is 9.20. The molecule has 0 bridgehead atoms. The third-order valence-electron chi connectivity index (χ3n) is 12.7. The van der Waals surface area contributed by atoms with Crippen molar-refractivity contribution in [3.63, 3.8) is 0 Å². The average Bonchev–Trinajstić information content (AvgIpc) is 3.91. The first-order chi connectivity index (χ1) is 30.1. The van der Waals surface area contributed by atoms with Gasteiger partial charge >= 0.3 is 0 Å². The van der Waals surface area contributed by atoms with Crippen molar-refractivity contribution in [2.24, 2.45) is 0 Å². The van der Waals surface area contributed by atoms with Gasteiger partial charge in [0.2, 0.25) is 0 Å². The van der Waals surface area contributed by atoms with Crippen molar-refractivity contribution in [1.82, 2.24) is 14.0 Å². The van der Waals surface area contributed by atoms with Gasteiger partial charge in [0.25, 0.3) is 11.8 Å². The number of hydrogen-bond donors (Lipinski definition) is 0. The van der Waals surface area contributed by atoms with Crippen molar-refractivity contribution in [2.45, 2.75) is 188 Å². The maximum Gasteiger partial charge on any atom is 0.262 e. The van der Waals surface area contributed by atoms with Crippen LogP contribution in [0.4, 0.5) is 0 Å². The number of imide groups is 1. The molecule has 3 heterocycles. The molecule has 4 aromatic rings. The van der Waals surface area contributed by atoms with Gasteiger partial charge in [-0.25, -0.2) is 0 Å². The maximum absolute atomic E-state index is 14.8. The van der Waals surface area contributed by atoms with Gasteiger partial charge in [0.1, 0.15) is 0 Å². The SMILES string of the molecule is C/C=C/C=C/C=C/CCCCCn1cc(C2=C(c3cn(CCCCCCCCCCCC)c4ccccc34)C(=O)N(CCCCCCCCCCCC)C2=O)c2ccccc21. The molecule has 0 saturated heterocycles. The summed E-state index contributed by atoms with van der Waals surface area (Å²) in [5.74, 6) is -0.274. The molecule has 2 amide bonds. The van der Waals surface area contributed by atoms with Gasteiger partial charge in [0, 0.05) is 65.0 Å². The number of allylic oxidation sites excluding steroid dienone is 6. The molecule has 0 N–H and O–H groups in total. The molecule has 0 spiro atoms. The molecule has 0 saturated carbocycles. The summed E-state index contributed by atoms with van der Waals surface area (Å²) >= 11 is 0. The van der Waals surface area contributed by atoms with Crippen molar-refractivity contribution in [3.8, 4) is 0 Å². The van der Waals surface area contributed by atoms with Gasteiger partial charge in [-0.15, -0.1) is 0 Å². The van der Waals surface area contributed by atoms with Crippen molar-refractivity contribution in [1.29, 1.82) is 0 Å². The smallest absolute Gasteiger partial charge is 0.262 e. The van der Waals surface area contributed by atoms with E-state index in [1.165, 1.54) is 103 Å². The van der Waals surface area contributed by atoms with E-state index in [9.17, 15) is 9.59 Å². The Morgan fingerprint density at radius 1 is 0.443 bits per heavy atom. The van der Waals surface area contributed by atoms with Crippen LogP contribution in [0.25, 0.3) is 33.0 Å². The van der Waals surface area contributed by atoms with E-state index >= 15 is 0 Å². The van der Waals surface area contributed by atoms with Crippen LogP contribution < -0.4 is 0 Å². The third-order valence-corrected chi connectivity index (χ3v) is 12.7. The predicted octanol–water partition coefficient (Wildman–Crippen LogP) is 16.0. The number of para-hydroxylation sites is 2. The molecule has 0 radical (unpaired) electrons. The molecule has 5 nitrogen and oxygen atoms in total. The fourth-order valence-corrected chi connectivity index (χ4v) is 9.20. The van der Waals surface area contributed by atoms with Crippen LogP contribution in [0.2, 0.25) is 0 Å². The standard InChI is InChI=1S/C56H79N3O2/c1-4-7-10-13-16-19-22-25-28-35-42-57-45-49(47-38-31-33-40-51(47)57)53-54(56(61)59(55(53)60)44-37-30-27-24-21-18-15-12-9-6-3)50-46-58(52-41-34-32-39-48(50)52)43-36-29-26-23-20-17-14-11-8-5-2/h4,7,10,13,16,19,31-34,38-41,45-46H,5-6,8-9,11-12,14-15,17-18,20-30,35-37,42-44H2,1-3H3/b7-4+,13-10+,19-16+. The molecule has 0 atom stereocenters. The van der Waals surface area contributed by atoms with E-state index in [-0.39, 0.29) is 11.8 Å². The fraction of sp³-hybridized carbons (Fsp3) is 0.536. The summed E-state index contributed by atoms with van der Waals surface area (Å²) < 4.78 is 4.67. The van der Waals surface area contributed by atoms with Gasteiger partial charge in [0.05, 0.1) is 11.1 Å². The van der Waals surface area contributed by atoms with Gasteiger partial charge in [-0.1, -0.05) is 209 Å². The lowest BCUT2D eigenvalue weighted by Crippen LogP contribution is -2.32. The van der Waals surface area contributed by atoms with Crippen LogP contribution in [0.15, 0.2) is 97.4 Å². The van der Waals surface area contributed by atoms with E-state index in [4.69, 9.17) is 0 Å². The monoisotopic (exact) mass is 826 g/mol. The molecule has 61 heavy (non-hydrogen) atoms. The van der Waals surface area contributed by atoms with E-state index in [1.54, 1.807) is 4.90 Å². The Morgan fingerprint density at radius 3 is 1.30 bits per heavy atom. The Balaban J connectivity index is 1.35. The zero-order valence-electron chi connectivity index (χ0n) is 38.5. The lowest BCUT2D eigenvalue weighted by molar-refractivity contribution is -0.136. The summed E-state index contributed by atoms with van der Waals surface area (Å²) in [4.78, 5) is 31.2. The second kappa shape index (κ2) is 27.5. The van der Waals surface area contributed by atoms with Crippen molar-refractivity contribution in [3.05, 3.63) is 109 Å². The molecular weight excluding hydrogens is 747 g/mol. The van der Waals surface area contributed by atoms with E-state index in [1.807, 2.05) is 19.1 Å². The van der Waals surface area contributed by atoms with Crippen LogP contribution in [0.5, 0.6) is 0 Å². The number of rotatable bonds is 32. The first-order valence-electron chi connectivity index (χ1n) is 24.8. The van der Waals surface area contributed by atoms with Crippen LogP contribution in [0.3, 0.4) is 0 Å². The summed E-state index contributed by atoms with van der Waals surface area (Å²) in [6, 6.07) is 16.9. The number of unbranched alkanes of at least 4 members (excludes halogenated alkanes) is 21. The first kappa shape index (κ1) is 47.7. The molecule has 1 aliphatic rings. The third kappa shape index (κ3) is 14.3. The normalized spacial score (nSPS) is 13.7. The Bertz CT molecular complexity index is 2040. The summed E-state index contributed by atoms with van der Waals surface area (Å²) in [6.07, 6.45) is 46.5. The molecule has 0 aliphatic carbocycles. The van der Waals surface area contributed by atoms with Crippen LogP contribution in [-0.4, -0.2) is 32.4 Å². The Kier molecular flexibility index (Phi) is 21.5. The Morgan fingerprint density at radius 2 is 0.836 bits per heavy atom. The van der Waals surface area contributed by atoms with Gasteiger partial charge in [0.15, 0.2) is 0 Å². The van der Waals surface area contributed by atoms with Crippen molar-refractivity contribution in [2.75, 3.05) is 6.54 Å². The molecule has 1 aliphatic heterocycles. The highest BCUT2D eigenvalue weighted by atomic mass is 16.2. The van der Waals surface area contributed by atoms with E-state index in [2.05, 4.69) is 108 Å². The lowest BCUT2D eigenvalue weighted by Gasteiger charge is -2.15. The number of benzene rings is 2. The zero-order valence-corrected chi connectivity index (χ0v) is 38.5. The highest BCUT2D eigenvalue weighted by Gasteiger charge is 2.41. The van der Waals surface area contributed by atoms with E-state index in [0.29, 0.717) is 17.7 Å². The number of amides is 2. The molecule has 2 aromatic heterocycles. The minimum atomic E-state index is -0.138. The van der Waals surface area contributed by atoms with Crippen molar-refractivity contribution < 1.29 is 9.59 Å². The van der Waals surface area contributed by atoms with Gasteiger partial charge in [-0.3, -0.25) is 14.5 Å². The topological polar surface area (TPSA) is 47.2 Å². The molecule has 0 fully saturated rings. The maximum atomic E-state index is 14.8. The summed E-state index contributed by atoms with van der Waals surface area (Å²) in [5, 5.41) is 2.10. The van der Waals surface area contributed by atoms with Crippen LogP contribution in [-0.2, 0) is 22.7 Å². The summed E-state index contributed by atoms with van der Waals surface area (Å²) in [7, 11) is 0. The molecular formula is C56H79N3O2. The number of carbonyl (C=O) groups excluding carboxylic acids is 2. The highest BCUT2D eigenvalue weighted by molar-refractivity contribution is 6.50. The summed E-state index contributed by atoms with van der Waals surface area (Å²) in [6.45, 7) is 8.82. The Hall–Kier alpha value is -4.38. The second-order valence-electron chi connectivity index (χ2n) is 17.6. The molecule has 5 rings (SSSR count). The zero-order chi connectivity index (χ0) is 42.9. The largest absolute Gasteiger partial charge is 0.347 e. The number of hydrogen-bond acceptors (Lipinski definition) is 2. The minimum absolute atomic E-state index is 0.136. The van der Waals surface area contributed by atoms with Gasteiger partial charge < -0.3 is 9.13 Å². The molecule has 330 valence electrons. The minimum Gasteiger partial charge on any atom is -0.347 e. The first-order valence-corrected chi connectivity index (χ1v) is 24.8. The van der Waals surface area contributed by atoms with E-state index < -0.39 is 0 Å². The summed E-state index contributed by atoms with van der Waals surface area (Å²) in [5.41, 5.74) is 5.19. The van der Waals surface area contributed by atoms with Crippen LogP contribution in [0.1, 0.15) is 186 Å². The predicted molar refractivity (Wildman–Crippen MR) is 263 cm³/mol. The quantitative estimate of drug-likeness (QED) is 0.0280. The van der Waals surface area contributed by atoms with Gasteiger partial charge in [-0.05, 0) is 51.2 Å². The van der Waals surface area contributed by atoms with Crippen molar-refractivity contribution >= 4 is 44.8 Å². The number of carbonyl (C=O) groups is 2. The molecule has 5 heteroatoms. The second-order valence-corrected chi connectivity index (χ2v) is 17.6. The molecule has 0 unspecified atom stereocenters. The molecule has 2 aromatic carbocycles. The number of aromatic nitrogens is 2.